The average Bonchev–Trinajstić information content (AvgIpc) is 2.52. The zero-order chi connectivity index (χ0) is 11.2. The molecule has 1 aliphatic heterocycles. The van der Waals surface area contributed by atoms with Crippen LogP contribution >= 0.6 is 0 Å². The van der Waals surface area contributed by atoms with E-state index in [1.165, 1.54) is 0 Å². The predicted octanol–water partition coefficient (Wildman–Crippen LogP) is -0.203. The summed E-state index contributed by atoms with van der Waals surface area (Å²) in [6, 6.07) is 1.38. The van der Waals surface area contributed by atoms with E-state index in [9.17, 15) is 8.42 Å². The molecule has 6 heteroatoms. The fraction of sp³-hybridized carbons (Fsp3) is 0.667. The van der Waals surface area contributed by atoms with Gasteiger partial charge in [-0.3, -0.25) is 4.68 Å². The second kappa shape index (κ2) is 3.31. The molecular formula is C9H15N3O2S. The van der Waals surface area contributed by atoms with Gasteiger partial charge >= 0.3 is 0 Å². The second-order valence-electron chi connectivity index (χ2n) is 4.18. The van der Waals surface area contributed by atoms with Gasteiger partial charge in [-0.2, -0.15) is 5.10 Å². The molecule has 1 saturated heterocycles. The Balaban J connectivity index is 2.37. The van der Waals surface area contributed by atoms with Crippen molar-refractivity contribution in [1.29, 1.82) is 0 Å². The highest BCUT2D eigenvalue weighted by molar-refractivity contribution is 7.91. The van der Waals surface area contributed by atoms with Gasteiger partial charge in [0.1, 0.15) is 0 Å². The summed E-state index contributed by atoms with van der Waals surface area (Å²) in [7, 11) is -2.99. The van der Waals surface area contributed by atoms with Crippen LogP contribution in [0.3, 0.4) is 0 Å². The Morgan fingerprint density at radius 3 is 2.53 bits per heavy atom. The van der Waals surface area contributed by atoms with Gasteiger partial charge in [0, 0.05) is 11.7 Å². The maximum atomic E-state index is 11.4. The van der Waals surface area contributed by atoms with Crippen LogP contribution < -0.4 is 5.73 Å². The largest absolute Gasteiger partial charge is 0.325 e. The van der Waals surface area contributed by atoms with Crippen molar-refractivity contribution in [3.05, 3.63) is 17.5 Å². The van der Waals surface area contributed by atoms with Gasteiger partial charge in [-0.05, 0) is 19.9 Å². The third kappa shape index (κ3) is 1.91. The Labute approximate surface area is 89.2 Å². The van der Waals surface area contributed by atoms with Gasteiger partial charge in [-0.15, -0.1) is 0 Å². The maximum Gasteiger partial charge on any atom is 0.154 e. The van der Waals surface area contributed by atoms with Crippen LogP contribution in [0.1, 0.15) is 17.4 Å². The third-order valence-electron chi connectivity index (χ3n) is 2.72. The molecule has 1 fully saturated rings. The van der Waals surface area contributed by atoms with E-state index in [1.807, 2.05) is 19.9 Å². The molecule has 0 radical (unpaired) electrons. The summed E-state index contributed by atoms with van der Waals surface area (Å²) in [5, 5.41) is 4.28. The van der Waals surface area contributed by atoms with E-state index >= 15 is 0 Å². The highest BCUT2D eigenvalue weighted by Crippen LogP contribution is 2.23. The molecule has 1 aliphatic rings. The first-order valence-corrected chi connectivity index (χ1v) is 6.70. The van der Waals surface area contributed by atoms with Crippen molar-refractivity contribution >= 4 is 9.84 Å². The Bertz CT molecular complexity index is 478. The molecule has 0 bridgehead atoms. The quantitative estimate of drug-likeness (QED) is 0.723. The lowest BCUT2D eigenvalue weighted by atomic mass is 10.2. The number of sulfone groups is 1. The van der Waals surface area contributed by atoms with E-state index in [4.69, 9.17) is 5.73 Å². The van der Waals surface area contributed by atoms with Gasteiger partial charge in [-0.25, -0.2) is 8.42 Å². The maximum absolute atomic E-state index is 11.4. The van der Waals surface area contributed by atoms with E-state index in [0.717, 1.165) is 11.4 Å². The summed E-state index contributed by atoms with van der Waals surface area (Å²) in [6.07, 6.45) is 0. The molecule has 0 amide bonds. The van der Waals surface area contributed by atoms with Crippen LogP contribution in [0, 0.1) is 13.8 Å². The van der Waals surface area contributed by atoms with Gasteiger partial charge in [0.15, 0.2) is 9.84 Å². The lowest BCUT2D eigenvalue weighted by molar-refractivity contribution is 0.439. The Morgan fingerprint density at radius 1 is 1.47 bits per heavy atom. The summed E-state index contributed by atoms with van der Waals surface area (Å²) in [5.41, 5.74) is 7.68. The van der Waals surface area contributed by atoms with Crippen LogP contribution in [0.15, 0.2) is 6.07 Å². The summed E-state index contributed by atoms with van der Waals surface area (Å²) >= 11 is 0. The smallest absolute Gasteiger partial charge is 0.154 e. The fourth-order valence-electron chi connectivity index (χ4n) is 2.09. The molecule has 0 aliphatic carbocycles. The standard InChI is InChI=1S/C9H15N3O2S/c1-6-3-7(2)12(11-6)9-5-15(13,14)4-8(9)10/h3,8-9H,4-5,10H2,1-2H3. The molecule has 2 N–H and O–H groups in total. The number of nitrogens with zero attached hydrogens (tertiary/aromatic N) is 2. The van der Waals surface area contributed by atoms with Crippen LogP contribution in [0.5, 0.6) is 0 Å². The second-order valence-corrected chi connectivity index (χ2v) is 6.33. The van der Waals surface area contributed by atoms with Crippen molar-refractivity contribution in [3.63, 3.8) is 0 Å². The average molecular weight is 229 g/mol. The molecule has 5 nitrogen and oxygen atoms in total. The summed E-state index contributed by atoms with van der Waals surface area (Å²) in [6.45, 7) is 3.80. The third-order valence-corrected chi connectivity index (χ3v) is 4.47. The van der Waals surface area contributed by atoms with Crippen molar-refractivity contribution in [3.8, 4) is 0 Å². The van der Waals surface area contributed by atoms with E-state index in [2.05, 4.69) is 5.10 Å². The molecule has 84 valence electrons. The highest BCUT2D eigenvalue weighted by Gasteiger charge is 2.37. The van der Waals surface area contributed by atoms with Crippen molar-refractivity contribution < 1.29 is 8.42 Å². The number of rotatable bonds is 1. The first kappa shape index (κ1) is 10.6. The minimum atomic E-state index is -2.99. The first-order chi connectivity index (χ1) is 6.89. The Hall–Kier alpha value is -0.880. The number of aromatic nitrogens is 2. The Kier molecular flexibility index (Phi) is 2.35. The van der Waals surface area contributed by atoms with Crippen LogP contribution in [0.25, 0.3) is 0 Å². The van der Waals surface area contributed by atoms with Crippen molar-refractivity contribution in [1.82, 2.24) is 9.78 Å². The van der Waals surface area contributed by atoms with Crippen LogP contribution in [-0.2, 0) is 9.84 Å². The molecule has 1 aromatic rings. The van der Waals surface area contributed by atoms with Crippen molar-refractivity contribution in [2.45, 2.75) is 25.9 Å². The lowest BCUT2D eigenvalue weighted by Gasteiger charge is -2.15. The molecule has 2 atom stereocenters. The number of hydrogen-bond donors (Lipinski definition) is 1. The molecule has 0 spiro atoms. The minimum absolute atomic E-state index is 0.0655. The molecule has 15 heavy (non-hydrogen) atoms. The number of aryl methyl sites for hydroxylation is 2. The molecule has 0 aromatic carbocycles. The molecule has 2 rings (SSSR count). The summed E-state index contributed by atoms with van der Waals surface area (Å²) in [5.74, 6) is 0.173. The van der Waals surface area contributed by atoms with Crippen LogP contribution in [0.2, 0.25) is 0 Å². The summed E-state index contributed by atoms with van der Waals surface area (Å²) in [4.78, 5) is 0. The van der Waals surface area contributed by atoms with E-state index in [0.29, 0.717) is 0 Å². The zero-order valence-corrected chi connectivity index (χ0v) is 9.66. The van der Waals surface area contributed by atoms with Gasteiger partial charge in [0.25, 0.3) is 0 Å². The predicted molar refractivity (Wildman–Crippen MR) is 57.4 cm³/mol. The lowest BCUT2D eigenvalue weighted by Crippen LogP contribution is -2.32. The van der Waals surface area contributed by atoms with Crippen LogP contribution in [-0.4, -0.2) is 35.7 Å². The Morgan fingerprint density at radius 2 is 2.13 bits per heavy atom. The van der Waals surface area contributed by atoms with Gasteiger partial charge in [0.2, 0.25) is 0 Å². The topological polar surface area (TPSA) is 78.0 Å². The number of hydrogen-bond acceptors (Lipinski definition) is 4. The molecule has 2 unspecified atom stereocenters. The van der Waals surface area contributed by atoms with E-state index in [1.54, 1.807) is 4.68 Å². The molecule has 2 heterocycles. The molecular weight excluding hydrogens is 214 g/mol. The zero-order valence-electron chi connectivity index (χ0n) is 8.84. The fourth-order valence-corrected chi connectivity index (χ4v) is 3.94. The molecule has 1 aromatic heterocycles. The van der Waals surface area contributed by atoms with Crippen molar-refractivity contribution in [2.24, 2.45) is 5.73 Å². The van der Waals surface area contributed by atoms with Crippen molar-refractivity contribution in [2.75, 3.05) is 11.5 Å². The number of nitrogens with two attached hydrogens (primary N) is 1. The van der Waals surface area contributed by atoms with Gasteiger partial charge in [0.05, 0.1) is 23.2 Å². The van der Waals surface area contributed by atoms with Gasteiger partial charge < -0.3 is 5.73 Å². The van der Waals surface area contributed by atoms with Gasteiger partial charge in [-0.1, -0.05) is 0 Å². The van der Waals surface area contributed by atoms with E-state index in [-0.39, 0.29) is 23.6 Å². The summed E-state index contributed by atoms with van der Waals surface area (Å²) < 4.78 is 24.6. The molecule has 0 saturated carbocycles. The monoisotopic (exact) mass is 229 g/mol. The SMILES string of the molecule is Cc1cc(C)n(C2CS(=O)(=O)CC2N)n1. The van der Waals surface area contributed by atoms with Crippen LogP contribution in [0.4, 0.5) is 0 Å². The highest BCUT2D eigenvalue weighted by atomic mass is 32.2. The van der Waals surface area contributed by atoms with E-state index < -0.39 is 9.84 Å². The minimum Gasteiger partial charge on any atom is -0.325 e. The normalized spacial score (nSPS) is 29.5. The first-order valence-electron chi connectivity index (χ1n) is 4.88.